The Labute approximate surface area is 171 Å². The van der Waals surface area contributed by atoms with E-state index in [1.165, 1.54) is 24.8 Å². The number of hydrogen-bond acceptors (Lipinski definition) is 4. The average Bonchev–Trinajstić information content (AvgIpc) is 2.69. The molecular formula is C23H29NO5. The minimum atomic E-state index is -1.16. The molecule has 2 N–H and O–H groups in total. The number of rotatable bonds is 12. The van der Waals surface area contributed by atoms with Gasteiger partial charge in [-0.15, -0.1) is 0 Å². The summed E-state index contributed by atoms with van der Waals surface area (Å²) in [6, 6.07) is 13.0. The van der Waals surface area contributed by atoms with Crippen molar-refractivity contribution in [1.82, 2.24) is 0 Å². The van der Waals surface area contributed by atoms with E-state index in [0.717, 1.165) is 24.2 Å². The highest BCUT2D eigenvalue weighted by Crippen LogP contribution is 2.27. The molecule has 2 aromatic rings. The third kappa shape index (κ3) is 7.86. The molecule has 0 saturated carbocycles. The zero-order valence-electron chi connectivity index (χ0n) is 17.1. The van der Waals surface area contributed by atoms with Gasteiger partial charge in [0.1, 0.15) is 24.5 Å². The predicted octanol–water partition coefficient (Wildman–Crippen LogP) is 4.81. The number of benzene rings is 2. The summed E-state index contributed by atoms with van der Waals surface area (Å²) in [6.07, 6.45) is 5.25. The minimum absolute atomic E-state index is 0.321. The molecule has 0 spiro atoms. The van der Waals surface area contributed by atoms with E-state index >= 15 is 0 Å². The summed E-state index contributed by atoms with van der Waals surface area (Å²) in [7, 11) is 1.66. The van der Waals surface area contributed by atoms with Crippen molar-refractivity contribution in [2.45, 2.75) is 52.1 Å². The van der Waals surface area contributed by atoms with Crippen LogP contribution in [0.1, 0.15) is 50.2 Å². The number of methoxy groups -OCH3 is 1. The van der Waals surface area contributed by atoms with Crippen LogP contribution in [0.3, 0.4) is 0 Å². The van der Waals surface area contributed by atoms with Crippen LogP contribution in [0.15, 0.2) is 42.5 Å². The normalized spacial score (nSPS) is 10.4. The molecule has 0 aromatic heterocycles. The van der Waals surface area contributed by atoms with Crippen molar-refractivity contribution in [3.8, 4) is 11.5 Å². The number of carbonyl (C=O) groups excluding carboxylic acids is 1. The van der Waals surface area contributed by atoms with Crippen molar-refractivity contribution in [2.75, 3.05) is 12.4 Å². The van der Waals surface area contributed by atoms with Crippen molar-refractivity contribution in [1.29, 1.82) is 0 Å². The molecule has 156 valence electrons. The first-order chi connectivity index (χ1) is 14.0. The summed E-state index contributed by atoms with van der Waals surface area (Å²) >= 11 is 0. The summed E-state index contributed by atoms with van der Waals surface area (Å²) in [4.78, 5) is 22.2. The lowest BCUT2D eigenvalue weighted by Crippen LogP contribution is -2.16. The molecule has 29 heavy (non-hydrogen) atoms. The molecule has 6 nitrogen and oxygen atoms in total. The number of aliphatic carboxylic acids is 1. The maximum absolute atomic E-state index is 11.6. The molecule has 0 aliphatic carbocycles. The van der Waals surface area contributed by atoms with Crippen LogP contribution in [0.2, 0.25) is 0 Å². The van der Waals surface area contributed by atoms with Gasteiger partial charge in [-0.3, -0.25) is 9.59 Å². The van der Waals surface area contributed by atoms with Crippen molar-refractivity contribution in [3.63, 3.8) is 0 Å². The molecule has 0 aliphatic heterocycles. The van der Waals surface area contributed by atoms with E-state index in [-0.39, 0.29) is 0 Å². The van der Waals surface area contributed by atoms with Crippen molar-refractivity contribution >= 4 is 17.6 Å². The third-order valence-corrected chi connectivity index (χ3v) is 4.49. The molecule has 0 radical (unpaired) electrons. The molecule has 0 fully saturated rings. The summed E-state index contributed by atoms with van der Waals surface area (Å²) in [6.45, 7) is 2.52. The van der Waals surface area contributed by atoms with E-state index in [1.807, 2.05) is 24.3 Å². The fourth-order valence-corrected chi connectivity index (χ4v) is 3.01. The summed E-state index contributed by atoms with van der Waals surface area (Å²) in [5, 5.41) is 11.2. The van der Waals surface area contributed by atoms with Crippen molar-refractivity contribution in [2.24, 2.45) is 0 Å². The largest absolute Gasteiger partial charge is 0.496 e. The first-order valence-corrected chi connectivity index (χ1v) is 9.92. The van der Waals surface area contributed by atoms with Crippen LogP contribution in [0.25, 0.3) is 0 Å². The highest BCUT2D eigenvalue weighted by molar-refractivity contribution is 6.01. The number of carboxylic acid groups (broad SMARTS) is 1. The average molecular weight is 399 g/mol. The highest BCUT2D eigenvalue weighted by Gasteiger charge is 2.09. The number of unbranched alkanes of at least 4 members (excludes halogenated alkanes) is 3. The molecule has 1 amide bonds. The van der Waals surface area contributed by atoms with Crippen LogP contribution in [-0.2, 0) is 22.6 Å². The molecule has 0 unspecified atom stereocenters. The molecule has 2 rings (SSSR count). The number of ether oxygens (including phenoxy) is 2. The lowest BCUT2D eigenvalue weighted by molar-refractivity contribution is -0.139. The molecule has 0 saturated heterocycles. The van der Waals surface area contributed by atoms with E-state index in [0.29, 0.717) is 18.0 Å². The van der Waals surface area contributed by atoms with Gasteiger partial charge >= 0.3 is 5.97 Å². The zero-order chi connectivity index (χ0) is 21.1. The van der Waals surface area contributed by atoms with E-state index in [2.05, 4.69) is 12.2 Å². The fourth-order valence-electron chi connectivity index (χ4n) is 3.01. The number of carboxylic acids is 1. The molecular weight excluding hydrogens is 370 g/mol. The quantitative estimate of drug-likeness (QED) is 0.395. The smallest absolute Gasteiger partial charge is 0.312 e. The summed E-state index contributed by atoms with van der Waals surface area (Å²) in [5.74, 6) is -0.187. The number of aryl methyl sites for hydroxylation is 1. The Morgan fingerprint density at radius 1 is 1.07 bits per heavy atom. The Hall–Kier alpha value is -3.02. The van der Waals surface area contributed by atoms with E-state index in [4.69, 9.17) is 14.6 Å². The van der Waals surface area contributed by atoms with Gasteiger partial charge in [-0.1, -0.05) is 44.4 Å². The SMILES string of the molecule is CCCCCCc1ccc(OCc2cccc(NC(=O)CC(=O)O)c2)cc1OC. The Bertz CT molecular complexity index is 819. The first kappa shape index (κ1) is 22.3. The number of nitrogens with one attached hydrogen (secondary N) is 1. The number of carbonyl (C=O) groups is 2. The van der Waals surface area contributed by atoms with Gasteiger partial charge in [0.2, 0.25) is 5.91 Å². The number of hydrogen-bond donors (Lipinski definition) is 2. The van der Waals surface area contributed by atoms with Crippen LogP contribution in [-0.4, -0.2) is 24.1 Å². The maximum Gasteiger partial charge on any atom is 0.312 e. The minimum Gasteiger partial charge on any atom is -0.496 e. The second kappa shape index (κ2) is 11.7. The summed E-state index contributed by atoms with van der Waals surface area (Å²) < 4.78 is 11.4. The van der Waals surface area contributed by atoms with Crippen molar-refractivity contribution < 1.29 is 24.2 Å². The zero-order valence-corrected chi connectivity index (χ0v) is 17.1. The van der Waals surface area contributed by atoms with Crippen LogP contribution >= 0.6 is 0 Å². The van der Waals surface area contributed by atoms with Crippen molar-refractivity contribution in [3.05, 3.63) is 53.6 Å². The summed E-state index contributed by atoms with van der Waals surface area (Å²) in [5.41, 5.74) is 2.58. The van der Waals surface area contributed by atoms with Gasteiger partial charge in [0.05, 0.1) is 7.11 Å². The Kier molecular flexibility index (Phi) is 9.02. The Morgan fingerprint density at radius 3 is 2.62 bits per heavy atom. The van der Waals surface area contributed by atoms with Gasteiger partial charge in [0.25, 0.3) is 0 Å². The van der Waals surface area contributed by atoms with Gasteiger partial charge in [0, 0.05) is 11.8 Å². The van der Waals surface area contributed by atoms with E-state index < -0.39 is 18.3 Å². The topological polar surface area (TPSA) is 84.9 Å². The van der Waals surface area contributed by atoms with Gasteiger partial charge in [0.15, 0.2) is 0 Å². The second-order valence-electron chi connectivity index (χ2n) is 6.89. The van der Waals surface area contributed by atoms with Gasteiger partial charge in [-0.05, 0) is 42.2 Å². The molecule has 2 aromatic carbocycles. The van der Waals surface area contributed by atoms with Crippen LogP contribution in [0.5, 0.6) is 11.5 Å². The van der Waals surface area contributed by atoms with Crippen LogP contribution in [0.4, 0.5) is 5.69 Å². The van der Waals surface area contributed by atoms with E-state index in [9.17, 15) is 9.59 Å². The fraction of sp³-hybridized carbons (Fsp3) is 0.391. The molecule has 6 heteroatoms. The Morgan fingerprint density at radius 2 is 1.90 bits per heavy atom. The Balaban J connectivity index is 1.94. The second-order valence-corrected chi connectivity index (χ2v) is 6.89. The molecule has 0 aliphatic rings. The first-order valence-electron chi connectivity index (χ1n) is 9.92. The lowest BCUT2D eigenvalue weighted by atomic mass is 10.1. The molecule has 0 bridgehead atoms. The predicted molar refractivity (Wildman–Crippen MR) is 112 cm³/mol. The lowest BCUT2D eigenvalue weighted by Gasteiger charge is -2.12. The van der Waals surface area contributed by atoms with Crippen LogP contribution in [0, 0.1) is 0 Å². The highest BCUT2D eigenvalue weighted by atomic mass is 16.5. The standard InChI is InChI=1S/C23H29NO5/c1-3-4-5-6-9-18-11-12-20(14-21(18)28-2)29-16-17-8-7-10-19(13-17)24-22(25)15-23(26)27/h7-8,10-14H,3-6,9,15-16H2,1-2H3,(H,24,25)(H,26,27). The number of anilines is 1. The maximum atomic E-state index is 11.6. The monoisotopic (exact) mass is 399 g/mol. The molecule has 0 atom stereocenters. The van der Waals surface area contributed by atoms with Gasteiger partial charge < -0.3 is 19.9 Å². The third-order valence-electron chi connectivity index (χ3n) is 4.49. The number of amides is 1. The van der Waals surface area contributed by atoms with Crippen LogP contribution < -0.4 is 14.8 Å². The van der Waals surface area contributed by atoms with E-state index in [1.54, 1.807) is 25.3 Å². The van der Waals surface area contributed by atoms with Gasteiger partial charge in [-0.2, -0.15) is 0 Å². The molecule has 0 heterocycles. The van der Waals surface area contributed by atoms with Gasteiger partial charge in [-0.25, -0.2) is 0 Å².